The van der Waals surface area contributed by atoms with Gasteiger partial charge in [0.2, 0.25) is 0 Å². The van der Waals surface area contributed by atoms with Crippen LogP contribution in [0.15, 0.2) is 42.5 Å². The average Bonchev–Trinajstić information content (AvgIpc) is 3.18. The van der Waals surface area contributed by atoms with Gasteiger partial charge in [-0.1, -0.05) is 18.2 Å². The quantitative estimate of drug-likeness (QED) is 0.603. The van der Waals surface area contributed by atoms with Gasteiger partial charge in [0.05, 0.1) is 27.3 Å². The van der Waals surface area contributed by atoms with Crippen molar-refractivity contribution in [3.05, 3.63) is 64.2 Å². The fourth-order valence-electron chi connectivity index (χ4n) is 4.20. The Morgan fingerprint density at radius 1 is 1.26 bits per heavy atom. The minimum Gasteiger partial charge on any atom is -0.449 e. The normalized spacial score (nSPS) is 21.5. The molecule has 3 aromatic rings. The summed E-state index contributed by atoms with van der Waals surface area (Å²) in [5.74, 6) is -0.316. The first-order valence-corrected chi connectivity index (χ1v) is 9.87. The van der Waals surface area contributed by atoms with E-state index in [0.29, 0.717) is 24.2 Å². The lowest BCUT2D eigenvalue weighted by Gasteiger charge is -2.39. The fourth-order valence-corrected chi connectivity index (χ4v) is 5.07. The minimum absolute atomic E-state index is 0.0255. The maximum absolute atomic E-state index is 13.2. The summed E-state index contributed by atoms with van der Waals surface area (Å²) in [5, 5.41) is 0.987. The molecule has 1 amide bonds. The van der Waals surface area contributed by atoms with Crippen LogP contribution in [0, 0.1) is 6.92 Å². The van der Waals surface area contributed by atoms with Crippen LogP contribution in [0.2, 0.25) is 0 Å². The van der Waals surface area contributed by atoms with Crippen molar-refractivity contribution in [1.82, 2.24) is 9.88 Å². The number of likely N-dealkylation sites (tertiary alicyclic amines) is 1. The molecule has 0 unspecified atom stereocenters. The van der Waals surface area contributed by atoms with Gasteiger partial charge >= 0.3 is 5.97 Å². The summed E-state index contributed by atoms with van der Waals surface area (Å²) in [6.45, 7) is 3.03. The highest BCUT2D eigenvalue weighted by atomic mass is 32.1. The molecular formula is C21H18N2O3S. The van der Waals surface area contributed by atoms with Gasteiger partial charge in [-0.25, -0.2) is 9.78 Å². The van der Waals surface area contributed by atoms with E-state index in [1.165, 1.54) is 0 Å². The van der Waals surface area contributed by atoms with Crippen LogP contribution in [0.25, 0.3) is 10.2 Å². The highest BCUT2D eigenvalue weighted by molar-refractivity contribution is 7.18. The summed E-state index contributed by atoms with van der Waals surface area (Å²) in [4.78, 5) is 31.7. The molecule has 6 heteroatoms. The van der Waals surface area contributed by atoms with Gasteiger partial charge in [0.1, 0.15) is 0 Å². The van der Waals surface area contributed by atoms with Crippen molar-refractivity contribution in [1.29, 1.82) is 0 Å². The van der Waals surface area contributed by atoms with Gasteiger partial charge in [0, 0.05) is 17.7 Å². The molecule has 1 atom stereocenters. The smallest absolute Gasteiger partial charge is 0.339 e. The SMILES string of the molecule is Cc1nc2ccc(C(=O)N3CCC[C@@]4(C3)OC(=O)c3ccccc34)cc2s1. The Bertz CT molecular complexity index is 1090. The molecule has 1 saturated heterocycles. The third-order valence-corrected chi connectivity index (χ3v) is 6.34. The zero-order valence-corrected chi connectivity index (χ0v) is 15.7. The lowest BCUT2D eigenvalue weighted by molar-refractivity contribution is -0.0442. The highest BCUT2D eigenvalue weighted by Gasteiger charge is 2.48. The summed E-state index contributed by atoms with van der Waals surface area (Å²) >= 11 is 1.59. The number of fused-ring (bicyclic) bond motifs is 3. The van der Waals surface area contributed by atoms with Gasteiger partial charge in [0.15, 0.2) is 5.60 Å². The molecule has 136 valence electrons. The van der Waals surface area contributed by atoms with Crippen molar-refractivity contribution in [3.8, 4) is 0 Å². The van der Waals surface area contributed by atoms with E-state index in [4.69, 9.17) is 4.74 Å². The summed E-state index contributed by atoms with van der Waals surface area (Å²) < 4.78 is 6.83. The average molecular weight is 378 g/mol. The van der Waals surface area contributed by atoms with E-state index in [9.17, 15) is 9.59 Å². The summed E-state index contributed by atoms with van der Waals surface area (Å²) in [6.07, 6.45) is 1.54. The number of rotatable bonds is 1. The molecule has 0 saturated carbocycles. The molecule has 1 spiro atoms. The van der Waals surface area contributed by atoms with Crippen molar-refractivity contribution < 1.29 is 14.3 Å². The number of esters is 1. The van der Waals surface area contributed by atoms with Crippen LogP contribution >= 0.6 is 11.3 Å². The first-order chi connectivity index (χ1) is 13.1. The van der Waals surface area contributed by atoms with E-state index in [1.54, 1.807) is 17.4 Å². The van der Waals surface area contributed by atoms with Gasteiger partial charge < -0.3 is 9.64 Å². The van der Waals surface area contributed by atoms with Crippen LogP contribution in [0.4, 0.5) is 0 Å². The molecule has 1 fully saturated rings. The van der Waals surface area contributed by atoms with E-state index in [2.05, 4.69) is 4.98 Å². The number of amides is 1. The Kier molecular flexibility index (Phi) is 3.59. The standard InChI is InChI=1S/C21H18N2O3S/c1-13-22-17-8-7-14(11-18(17)27-13)19(24)23-10-4-9-21(12-23)16-6-3-2-5-15(16)20(25)26-21/h2-3,5-8,11H,4,9-10,12H2,1H3/t21-/m0/s1. The Hall–Kier alpha value is -2.73. The lowest BCUT2D eigenvalue weighted by Crippen LogP contribution is -2.48. The maximum Gasteiger partial charge on any atom is 0.339 e. The number of piperidine rings is 1. The molecule has 27 heavy (non-hydrogen) atoms. The largest absolute Gasteiger partial charge is 0.449 e. The fraction of sp³-hybridized carbons (Fsp3) is 0.286. The second-order valence-electron chi connectivity index (χ2n) is 7.18. The molecule has 1 aromatic heterocycles. The van der Waals surface area contributed by atoms with Crippen LogP contribution in [0.1, 0.15) is 44.1 Å². The Morgan fingerprint density at radius 2 is 2.11 bits per heavy atom. The molecule has 5 nitrogen and oxygen atoms in total. The Morgan fingerprint density at radius 3 is 3.00 bits per heavy atom. The predicted octanol–water partition coefficient (Wildman–Crippen LogP) is 3.91. The number of hydrogen-bond acceptors (Lipinski definition) is 5. The summed E-state index contributed by atoms with van der Waals surface area (Å²) in [6, 6.07) is 13.2. The monoisotopic (exact) mass is 378 g/mol. The van der Waals surface area contributed by atoms with Crippen molar-refractivity contribution in [2.24, 2.45) is 0 Å². The Labute approximate surface area is 160 Å². The van der Waals surface area contributed by atoms with E-state index in [1.807, 2.05) is 48.2 Å². The molecule has 0 bridgehead atoms. The van der Waals surface area contributed by atoms with Gasteiger partial charge in [-0.2, -0.15) is 0 Å². The van der Waals surface area contributed by atoms with Gasteiger partial charge in [-0.05, 0) is 44.0 Å². The van der Waals surface area contributed by atoms with Crippen molar-refractivity contribution in [2.45, 2.75) is 25.4 Å². The van der Waals surface area contributed by atoms with Crippen molar-refractivity contribution >= 4 is 33.4 Å². The first kappa shape index (κ1) is 16.4. The number of carbonyl (C=O) groups excluding carboxylic acids is 2. The summed E-state index contributed by atoms with van der Waals surface area (Å²) in [7, 11) is 0. The third kappa shape index (κ3) is 2.55. The van der Waals surface area contributed by atoms with Crippen molar-refractivity contribution in [2.75, 3.05) is 13.1 Å². The molecular weight excluding hydrogens is 360 g/mol. The number of ether oxygens (including phenoxy) is 1. The van der Waals surface area contributed by atoms with Crippen LogP contribution in [0.3, 0.4) is 0 Å². The molecule has 2 aliphatic rings. The third-order valence-electron chi connectivity index (χ3n) is 5.41. The molecule has 0 aliphatic carbocycles. The van der Waals surface area contributed by atoms with E-state index >= 15 is 0 Å². The summed E-state index contributed by atoms with van der Waals surface area (Å²) in [5.41, 5.74) is 2.38. The Balaban J connectivity index is 1.47. The van der Waals surface area contributed by atoms with E-state index in [0.717, 1.165) is 33.6 Å². The molecule has 5 rings (SSSR count). The van der Waals surface area contributed by atoms with Crippen LogP contribution < -0.4 is 0 Å². The first-order valence-electron chi connectivity index (χ1n) is 9.05. The maximum atomic E-state index is 13.2. The lowest BCUT2D eigenvalue weighted by atomic mass is 9.85. The number of hydrogen-bond donors (Lipinski definition) is 0. The molecule has 2 aromatic carbocycles. The van der Waals surface area contributed by atoms with Gasteiger partial charge in [0.25, 0.3) is 5.91 Å². The molecule has 0 radical (unpaired) electrons. The number of thiazole rings is 1. The van der Waals surface area contributed by atoms with Crippen molar-refractivity contribution in [3.63, 3.8) is 0 Å². The molecule has 2 aliphatic heterocycles. The molecule has 0 N–H and O–H groups in total. The van der Waals surface area contributed by atoms with Gasteiger partial charge in [-0.3, -0.25) is 4.79 Å². The van der Waals surface area contributed by atoms with Crippen LogP contribution in [-0.2, 0) is 10.3 Å². The number of aryl methyl sites for hydroxylation is 1. The number of carbonyl (C=O) groups is 2. The van der Waals surface area contributed by atoms with E-state index in [-0.39, 0.29) is 11.9 Å². The predicted molar refractivity (Wildman–Crippen MR) is 103 cm³/mol. The second-order valence-corrected chi connectivity index (χ2v) is 8.41. The minimum atomic E-state index is -0.716. The van der Waals surface area contributed by atoms with Gasteiger partial charge in [-0.15, -0.1) is 11.3 Å². The zero-order valence-electron chi connectivity index (χ0n) is 14.9. The molecule has 3 heterocycles. The topological polar surface area (TPSA) is 59.5 Å². The number of aromatic nitrogens is 1. The van der Waals surface area contributed by atoms with Crippen LogP contribution in [-0.4, -0.2) is 34.8 Å². The van der Waals surface area contributed by atoms with Crippen LogP contribution in [0.5, 0.6) is 0 Å². The number of nitrogens with zero attached hydrogens (tertiary/aromatic N) is 2. The van der Waals surface area contributed by atoms with E-state index < -0.39 is 5.60 Å². The second kappa shape index (κ2) is 5.89. The number of benzene rings is 2. The highest BCUT2D eigenvalue weighted by Crippen LogP contribution is 2.43. The zero-order chi connectivity index (χ0) is 18.6.